The van der Waals surface area contributed by atoms with Gasteiger partial charge in [-0.1, -0.05) is 6.07 Å². The SMILES string of the molecule is CN(C)CC1CCN(c2ccc(NC(=O)CCCNC(=O)c3cccs3)cc2)CC1. The zero-order chi connectivity index (χ0) is 21.3. The second-order valence-electron chi connectivity index (χ2n) is 8.12. The van der Waals surface area contributed by atoms with Gasteiger partial charge in [0.15, 0.2) is 0 Å². The van der Waals surface area contributed by atoms with Gasteiger partial charge in [0.05, 0.1) is 4.88 Å². The van der Waals surface area contributed by atoms with E-state index < -0.39 is 0 Å². The van der Waals surface area contributed by atoms with Crippen molar-refractivity contribution in [3.63, 3.8) is 0 Å². The minimum atomic E-state index is -0.0771. The molecule has 2 amide bonds. The molecule has 0 aliphatic carbocycles. The zero-order valence-electron chi connectivity index (χ0n) is 17.9. The van der Waals surface area contributed by atoms with E-state index in [0.717, 1.165) is 31.2 Å². The number of carbonyl (C=O) groups is 2. The Hall–Kier alpha value is -2.38. The van der Waals surface area contributed by atoms with Gasteiger partial charge in [-0.05, 0) is 75.0 Å². The van der Waals surface area contributed by atoms with E-state index in [1.807, 2.05) is 23.6 Å². The van der Waals surface area contributed by atoms with E-state index in [2.05, 4.69) is 46.7 Å². The first-order chi connectivity index (χ1) is 14.5. The van der Waals surface area contributed by atoms with E-state index in [1.165, 1.54) is 29.9 Å². The molecule has 1 saturated heterocycles. The molecule has 3 rings (SSSR count). The predicted octanol–water partition coefficient (Wildman–Crippen LogP) is 3.67. The third-order valence-corrected chi connectivity index (χ3v) is 6.23. The maximum atomic E-state index is 12.2. The number of anilines is 2. The number of thiophene rings is 1. The van der Waals surface area contributed by atoms with Crippen molar-refractivity contribution in [1.82, 2.24) is 10.2 Å². The van der Waals surface area contributed by atoms with E-state index in [4.69, 9.17) is 0 Å². The first kappa shape index (κ1) is 22.3. The molecule has 0 unspecified atom stereocenters. The van der Waals surface area contributed by atoms with Crippen LogP contribution in [0.15, 0.2) is 41.8 Å². The van der Waals surface area contributed by atoms with Gasteiger partial charge in [-0.15, -0.1) is 11.3 Å². The summed E-state index contributed by atoms with van der Waals surface area (Å²) in [5, 5.41) is 7.66. The number of hydrogen-bond donors (Lipinski definition) is 2. The number of carbonyl (C=O) groups excluding carboxylic acids is 2. The van der Waals surface area contributed by atoms with Crippen LogP contribution < -0.4 is 15.5 Å². The van der Waals surface area contributed by atoms with E-state index in [9.17, 15) is 9.59 Å². The Bertz CT molecular complexity index is 797. The normalized spacial score (nSPS) is 14.7. The van der Waals surface area contributed by atoms with Crippen molar-refractivity contribution in [3.8, 4) is 0 Å². The molecule has 2 N–H and O–H groups in total. The van der Waals surface area contributed by atoms with Gasteiger partial charge in [-0.3, -0.25) is 9.59 Å². The fourth-order valence-electron chi connectivity index (χ4n) is 3.81. The summed E-state index contributed by atoms with van der Waals surface area (Å²) in [6, 6.07) is 11.8. The first-order valence-electron chi connectivity index (χ1n) is 10.6. The lowest BCUT2D eigenvalue weighted by Gasteiger charge is -2.34. The Balaban J connectivity index is 1.36. The molecule has 0 saturated carbocycles. The topological polar surface area (TPSA) is 64.7 Å². The summed E-state index contributed by atoms with van der Waals surface area (Å²) >= 11 is 1.41. The zero-order valence-corrected chi connectivity index (χ0v) is 18.7. The van der Waals surface area contributed by atoms with Crippen LogP contribution in [0.3, 0.4) is 0 Å². The Labute approximate surface area is 183 Å². The maximum Gasteiger partial charge on any atom is 0.261 e. The minimum absolute atomic E-state index is 0.0300. The number of piperidine rings is 1. The molecule has 1 aliphatic rings. The Morgan fingerprint density at radius 2 is 1.87 bits per heavy atom. The van der Waals surface area contributed by atoms with Crippen LogP contribution >= 0.6 is 11.3 Å². The fraction of sp³-hybridized carbons (Fsp3) is 0.478. The Kier molecular flexibility index (Phi) is 8.28. The van der Waals surface area contributed by atoms with Gasteiger partial charge >= 0.3 is 0 Å². The number of nitrogens with zero attached hydrogens (tertiary/aromatic N) is 2. The second kappa shape index (κ2) is 11.1. The molecule has 1 aromatic carbocycles. The van der Waals surface area contributed by atoms with Crippen LogP contribution in [-0.2, 0) is 4.79 Å². The van der Waals surface area contributed by atoms with Crippen LogP contribution in [0.2, 0.25) is 0 Å². The summed E-state index contributed by atoms with van der Waals surface area (Å²) in [5.41, 5.74) is 2.03. The van der Waals surface area contributed by atoms with Crippen molar-refractivity contribution in [1.29, 1.82) is 0 Å². The summed E-state index contributed by atoms with van der Waals surface area (Å²) in [6.45, 7) is 3.83. The lowest BCUT2D eigenvalue weighted by molar-refractivity contribution is -0.116. The number of nitrogens with one attached hydrogen (secondary N) is 2. The third-order valence-electron chi connectivity index (χ3n) is 5.37. The van der Waals surface area contributed by atoms with Crippen LogP contribution in [0, 0.1) is 5.92 Å². The largest absolute Gasteiger partial charge is 0.372 e. The van der Waals surface area contributed by atoms with Crippen LogP contribution in [0.4, 0.5) is 11.4 Å². The molecule has 7 heteroatoms. The molecule has 30 heavy (non-hydrogen) atoms. The summed E-state index contributed by atoms with van der Waals surface area (Å²) in [6.07, 6.45) is 3.44. The van der Waals surface area contributed by atoms with Gasteiger partial charge in [0, 0.05) is 44.0 Å². The molecule has 2 heterocycles. The van der Waals surface area contributed by atoms with Crippen molar-refractivity contribution in [2.24, 2.45) is 5.92 Å². The molecule has 1 aromatic heterocycles. The molecule has 1 aliphatic heterocycles. The van der Waals surface area contributed by atoms with Crippen LogP contribution in [-0.4, -0.2) is 57.0 Å². The maximum absolute atomic E-state index is 12.2. The summed E-state index contributed by atoms with van der Waals surface area (Å²) in [5.74, 6) is 0.675. The van der Waals surface area contributed by atoms with Crippen molar-refractivity contribution >= 4 is 34.5 Å². The molecular formula is C23H32N4O2S. The van der Waals surface area contributed by atoms with Gasteiger partial charge < -0.3 is 20.4 Å². The average Bonchev–Trinajstić information content (AvgIpc) is 3.27. The third kappa shape index (κ3) is 6.85. The highest BCUT2D eigenvalue weighted by atomic mass is 32.1. The highest BCUT2D eigenvalue weighted by molar-refractivity contribution is 7.12. The summed E-state index contributed by atoms with van der Waals surface area (Å²) in [7, 11) is 4.28. The first-order valence-corrected chi connectivity index (χ1v) is 11.5. The average molecular weight is 429 g/mol. The molecule has 0 atom stereocenters. The molecule has 6 nitrogen and oxygen atoms in total. The summed E-state index contributed by atoms with van der Waals surface area (Å²) in [4.78, 5) is 29.4. The molecule has 2 aromatic rings. The molecule has 0 bridgehead atoms. The van der Waals surface area contributed by atoms with Crippen molar-refractivity contribution in [3.05, 3.63) is 46.7 Å². The number of rotatable bonds is 9. The Morgan fingerprint density at radius 3 is 2.50 bits per heavy atom. The molecule has 162 valence electrons. The van der Waals surface area contributed by atoms with E-state index in [1.54, 1.807) is 6.07 Å². The monoisotopic (exact) mass is 428 g/mol. The van der Waals surface area contributed by atoms with E-state index >= 15 is 0 Å². The summed E-state index contributed by atoms with van der Waals surface area (Å²) < 4.78 is 0. The molecule has 0 radical (unpaired) electrons. The highest BCUT2D eigenvalue weighted by Gasteiger charge is 2.19. The number of benzene rings is 1. The predicted molar refractivity (Wildman–Crippen MR) is 124 cm³/mol. The van der Waals surface area contributed by atoms with Gasteiger partial charge in [0.1, 0.15) is 0 Å². The Morgan fingerprint density at radius 1 is 1.13 bits per heavy atom. The lowest BCUT2D eigenvalue weighted by Crippen LogP contribution is -2.37. The van der Waals surface area contributed by atoms with E-state index in [-0.39, 0.29) is 11.8 Å². The highest BCUT2D eigenvalue weighted by Crippen LogP contribution is 2.25. The van der Waals surface area contributed by atoms with Gasteiger partial charge in [-0.2, -0.15) is 0 Å². The van der Waals surface area contributed by atoms with Crippen LogP contribution in [0.1, 0.15) is 35.4 Å². The van der Waals surface area contributed by atoms with Gasteiger partial charge in [0.2, 0.25) is 5.91 Å². The van der Waals surface area contributed by atoms with Crippen molar-refractivity contribution in [2.75, 3.05) is 50.5 Å². The number of hydrogen-bond acceptors (Lipinski definition) is 5. The lowest BCUT2D eigenvalue weighted by atomic mass is 9.96. The smallest absolute Gasteiger partial charge is 0.261 e. The second-order valence-corrected chi connectivity index (χ2v) is 9.07. The number of amides is 2. The quantitative estimate of drug-likeness (QED) is 0.598. The fourth-order valence-corrected chi connectivity index (χ4v) is 4.46. The van der Waals surface area contributed by atoms with Crippen molar-refractivity contribution < 1.29 is 9.59 Å². The minimum Gasteiger partial charge on any atom is -0.372 e. The van der Waals surface area contributed by atoms with Gasteiger partial charge in [-0.25, -0.2) is 0 Å². The van der Waals surface area contributed by atoms with E-state index in [0.29, 0.717) is 24.3 Å². The molecule has 1 fully saturated rings. The molecule has 0 spiro atoms. The van der Waals surface area contributed by atoms with Gasteiger partial charge in [0.25, 0.3) is 5.91 Å². The molecular weight excluding hydrogens is 396 g/mol. The van der Waals surface area contributed by atoms with Crippen molar-refractivity contribution in [2.45, 2.75) is 25.7 Å². The standard InChI is InChI=1S/C23H32N4O2S/c1-26(2)17-18-11-14-27(15-12-18)20-9-7-19(8-10-20)25-22(28)6-3-13-24-23(29)21-5-4-16-30-21/h4-5,7-10,16,18H,3,6,11-15,17H2,1-2H3,(H,24,29)(H,25,28). The van der Waals surface area contributed by atoms with Crippen LogP contribution in [0.25, 0.3) is 0 Å². The van der Waals surface area contributed by atoms with Crippen LogP contribution in [0.5, 0.6) is 0 Å².